The van der Waals surface area contributed by atoms with E-state index in [1.165, 1.54) is 0 Å². The molecule has 0 aliphatic rings. The van der Waals surface area contributed by atoms with Gasteiger partial charge in [0.1, 0.15) is 17.2 Å². The van der Waals surface area contributed by atoms with Crippen LogP contribution in [0.4, 0.5) is 0 Å². The van der Waals surface area contributed by atoms with Crippen LogP contribution in [0.5, 0.6) is 11.5 Å². The number of aromatic nitrogens is 4. The van der Waals surface area contributed by atoms with E-state index in [2.05, 4.69) is 15.2 Å². The third-order valence-electron chi connectivity index (χ3n) is 3.84. The van der Waals surface area contributed by atoms with Crippen LogP contribution in [0, 0.1) is 0 Å². The van der Waals surface area contributed by atoms with Crippen LogP contribution >= 0.6 is 0 Å². The summed E-state index contributed by atoms with van der Waals surface area (Å²) in [5.41, 5.74) is 2.55. The summed E-state index contributed by atoms with van der Waals surface area (Å²) >= 11 is 0. The normalized spacial score (nSPS) is 10.6. The standard InChI is InChI=1S/C20H16N4O/c1-24-14-13-21-20(24)19-12-11-18(22-23-19)15-7-9-17(10-8-15)25-16-5-3-2-4-6-16/h2-14H,1H3. The Hall–Kier alpha value is -3.47. The number of hydrogen-bond acceptors (Lipinski definition) is 4. The number of rotatable bonds is 4. The molecular weight excluding hydrogens is 312 g/mol. The first-order valence-electron chi connectivity index (χ1n) is 7.94. The van der Waals surface area contributed by atoms with E-state index in [1.807, 2.05) is 84.5 Å². The van der Waals surface area contributed by atoms with Gasteiger partial charge in [-0.15, -0.1) is 10.2 Å². The van der Waals surface area contributed by atoms with Crippen molar-refractivity contribution in [1.29, 1.82) is 0 Å². The zero-order valence-corrected chi connectivity index (χ0v) is 13.7. The van der Waals surface area contributed by atoms with Crippen LogP contribution in [0.2, 0.25) is 0 Å². The van der Waals surface area contributed by atoms with Crippen molar-refractivity contribution < 1.29 is 4.74 Å². The van der Waals surface area contributed by atoms with Crippen molar-refractivity contribution in [3.05, 3.63) is 79.1 Å². The van der Waals surface area contributed by atoms with Crippen molar-refractivity contribution in [3.63, 3.8) is 0 Å². The van der Waals surface area contributed by atoms with E-state index in [1.54, 1.807) is 6.20 Å². The van der Waals surface area contributed by atoms with E-state index in [0.29, 0.717) is 0 Å². The molecule has 0 amide bonds. The largest absolute Gasteiger partial charge is 0.457 e. The molecule has 0 N–H and O–H groups in total. The molecule has 0 radical (unpaired) electrons. The molecule has 0 spiro atoms. The fraction of sp³-hybridized carbons (Fsp3) is 0.0500. The smallest absolute Gasteiger partial charge is 0.160 e. The van der Waals surface area contributed by atoms with Gasteiger partial charge in [-0.05, 0) is 48.5 Å². The Kier molecular flexibility index (Phi) is 3.96. The highest BCUT2D eigenvalue weighted by Gasteiger charge is 2.07. The number of aryl methyl sites for hydroxylation is 1. The molecule has 122 valence electrons. The molecule has 4 rings (SSSR count). The van der Waals surface area contributed by atoms with Crippen molar-refractivity contribution in [3.8, 4) is 34.3 Å². The summed E-state index contributed by atoms with van der Waals surface area (Å²) in [6.07, 6.45) is 3.63. The highest BCUT2D eigenvalue weighted by Crippen LogP contribution is 2.25. The number of ether oxygens (including phenoxy) is 1. The van der Waals surface area contributed by atoms with Gasteiger partial charge in [-0.25, -0.2) is 4.98 Å². The molecule has 0 aliphatic carbocycles. The van der Waals surface area contributed by atoms with E-state index < -0.39 is 0 Å². The monoisotopic (exact) mass is 328 g/mol. The van der Waals surface area contributed by atoms with Crippen molar-refractivity contribution in [2.75, 3.05) is 0 Å². The highest BCUT2D eigenvalue weighted by molar-refractivity contribution is 5.61. The highest BCUT2D eigenvalue weighted by atomic mass is 16.5. The number of benzene rings is 2. The Balaban J connectivity index is 1.53. The van der Waals surface area contributed by atoms with E-state index in [9.17, 15) is 0 Å². The van der Waals surface area contributed by atoms with Crippen LogP contribution in [0.25, 0.3) is 22.8 Å². The molecule has 5 nitrogen and oxygen atoms in total. The van der Waals surface area contributed by atoms with Gasteiger partial charge in [0.15, 0.2) is 5.82 Å². The second-order valence-electron chi connectivity index (χ2n) is 5.61. The third kappa shape index (κ3) is 3.26. The van der Waals surface area contributed by atoms with E-state index in [4.69, 9.17) is 4.74 Å². The summed E-state index contributed by atoms with van der Waals surface area (Å²) in [7, 11) is 1.93. The Morgan fingerprint density at radius 2 is 1.44 bits per heavy atom. The third-order valence-corrected chi connectivity index (χ3v) is 3.84. The van der Waals surface area contributed by atoms with Gasteiger partial charge >= 0.3 is 0 Å². The van der Waals surface area contributed by atoms with Crippen molar-refractivity contribution in [2.24, 2.45) is 7.05 Å². The minimum atomic E-state index is 0.750. The summed E-state index contributed by atoms with van der Waals surface area (Å²) in [5, 5.41) is 8.60. The van der Waals surface area contributed by atoms with E-state index >= 15 is 0 Å². The van der Waals surface area contributed by atoms with Gasteiger partial charge < -0.3 is 9.30 Å². The van der Waals surface area contributed by atoms with Crippen LogP contribution in [0.15, 0.2) is 79.1 Å². The molecule has 2 aromatic carbocycles. The quantitative estimate of drug-likeness (QED) is 0.559. The Morgan fingerprint density at radius 3 is 2.08 bits per heavy atom. The van der Waals surface area contributed by atoms with Gasteiger partial charge in [-0.2, -0.15) is 0 Å². The topological polar surface area (TPSA) is 52.8 Å². The van der Waals surface area contributed by atoms with Crippen LogP contribution in [-0.4, -0.2) is 19.7 Å². The molecule has 5 heteroatoms. The average Bonchev–Trinajstić information content (AvgIpc) is 3.09. The predicted octanol–water partition coefficient (Wildman–Crippen LogP) is 4.34. The van der Waals surface area contributed by atoms with E-state index in [0.717, 1.165) is 34.3 Å². The molecule has 0 atom stereocenters. The first-order valence-corrected chi connectivity index (χ1v) is 7.94. The zero-order valence-electron chi connectivity index (χ0n) is 13.7. The van der Waals surface area contributed by atoms with Gasteiger partial charge in [0.2, 0.25) is 0 Å². The summed E-state index contributed by atoms with van der Waals surface area (Å²) < 4.78 is 7.72. The second kappa shape index (κ2) is 6.57. The molecule has 4 aromatic rings. The van der Waals surface area contributed by atoms with Crippen LogP contribution in [0.1, 0.15) is 0 Å². The lowest BCUT2D eigenvalue weighted by Gasteiger charge is -2.07. The number of hydrogen-bond donors (Lipinski definition) is 0. The maximum Gasteiger partial charge on any atom is 0.160 e. The van der Waals surface area contributed by atoms with Crippen molar-refractivity contribution in [2.45, 2.75) is 0 Å². The van der Waals surface area contributed by atoms with Crippen molar-refractivity contribution >= 4 is 0 Å². The number of nitrogens with zero attached hydrogens (tertiary/aromatic N) is 4. The molecule has 0 saturated carbocycles. The molecular formula is C20H16N4O. The van der Waals surface area contributed by atoms with Crippen LogP contribution in [-0.2, 0) is 7.05 Å². The summed E-state index contributed by atoms with van der Waals surface area (Å²) in [6, 6.07) is 21.4. The van der Waals surface area contributed by atoms with Crippen LogP contribution < -0.4 is 4.74 Å². The van der Waals surface area contributed by atoms with Gasteiger partial charge in [-0.1, -0.05) is 18.2 Å². The molecule has 0 saturated heterocycles. The molecule has 2 heterocycles. The fourth-order valence-electron chi connectivity index (χ4n) is 2.54. The maximum absolute atomic E-state index is 5.80. The fourth-order valence-corrected chi connectivity index (χ4v) is 2.54. The average molecular weight is 328 g/mol. The Morgan fingerprint density at radius 1 is 0.760 bits per heavy atom. The second-order valence-corrected chi connectivity index (χ2v) is 5.61. The lowest BCUT2D eigenvalue weighted by Crippen LogP contribution is -1.96. The summed E-state index contributed by atoms with van der Waals surface area (Å²) in [6.45, 7) is 0. The predicted molar refractivity (Wildman–Crippen MR) is 96.2 cm³/mol. The number of para-hydroxylation sites is 1. The minimum absolute atomic E-state index is 0.750. The lowest BCUT2D eigenvalue weighted by atomic mass is 10.1. The summed E-state index contributed by atoms with van der Waals surface area (Å²) in [4.78, 5) is 4.28. The van der Waals surface area contributed by atoms with Gasteiger partial charge in [-0.3, -0.25) is 0 Å². The van der Waals surface area contributed by atoms with Gasteiger partial charge in [0.05, 0.1) is 5.69 Å². The van der Waals surface area contributed by atoms with Crippen LogP contribution in [0.3, 0.4) is 0 Å². The van der Waals surface area contributed by atoms with Crippen molar-refractivity contribution in [1.82, 2.24) is 19.7 Å². The molecule has 0 unspecified atom stereocenters. The Labute approximate surface area is 145 Å². The first-order chi connectivity index (χ1) is 12.3. The molecule has 0 aliphatic heterocycles. The van der Waals surface area contributed by atoms with E-state index in [-0.39, 0.29) is 0 Å². The first kappa shape index (κ1) is 15.1. The molecule has 0 bridgehead atoms. The molecule has 2 aromatic heterocycles. The Bertz CT molecular complexity index is 961. The molecule has 25 heavy (non-hydrogen) atoms. The minimum Gasteiger partial charge on any atom is -0.457 e. The SMILES string of the molecule is Cn1ccnc1-c1ccc(-c2ccc(Oc3ccccc3)cc2)nn1. The van der Waals surface area contributed by atoms with Gasteiger partial charge in [0, 0.05) is 25.0 Å². The number of imidazole rings is 1. The molecule has 0 fully saturated rings. The summed E-state index contributed by atoms with van der Waals surface area (Å²) in [5.74, 6) is 2.40. The zero-order chi connectivity index (χ0) is 17.1. The maximum atomic E-state index is 5.80. The van der Waals surface area contributed by atoms with Gasteiger partial charge in [0.25, 0.3) is 0 Å². The lowest BCUT2D eigenvalue weighted by molar-refractivity contribution is 0.483.